The number of carbonyl (C=O) groups excluding carboxylic acids is 1. The predicted octanol–water partition coefficient (Wildman–Crippen LogP) is 2.88. The average Bonchev–Trinajstić information content (AvgIpc) is 3.40. The van der Waals surface area contributed by atoms with E-state index in [0.717, 1.165) is 4.52 Å². The minimum atomic E-state index is -4.68. The van der Waals surface area contributed by atoms with Gasteiger partial charge in [-0.3, -0.25) is 9.78 Å². The van der Waals surface area contributed by atoms with Gasteiger partial charge in [0.15, 0.2) is 6.61 Å². The fourth-order valence-electron chi connectivity index (χ4n) is 3.06. The summed E-state index contributed by atoms with van der Waals surface area (Å²) in [5, 5.41) is 7.29. The van der Waals surface area contributed by atoms with Crippen LogP contribution in [0.2, 0.25) is 0 Å². The number of aromatic nitrogens is 7. The molecule has 13 heteroatoms. The van der Waals surface area contributed by atoms with Crippen LogP contribution in [-0.4, -0.2) is 40.7 Å². The first-order valence-corrected chi connectivity index (χ1v) is 9.41. The molecule has 0 bridgehead atoms. The van der Waals surface area contributed by atoms with E-state index in [4.69, 9.17) is 9.26 Å². The molecule has 0 amide bonds. The Bertz CT molecular complexity index is 1270. The molecule has 0 aliphatic carbocycles. The molecule has 10 nitrogen and oxygen atoms in total. The van der Waals surface area contributed by atoms with Gasteiger partial charge >= 0.3 is 12.1 Å². The van der Waals surface area contributed by atoms with Gasteiger partial charge in [-0.25, -0.2) is 9.50 Å². The first kappa shape index (κ1) is 21.3. The number of esters is 1. The second kappa shape index (κ2) is 8.32. The number of nitrogens with zero attached hydrogens (tertiary/aromatic N) is 7. The van der Waals surface area contributed by atoms with Gasteiger partial charge in [0.05, 0.1) is 0 Å². The second-order valence-electron chi connectivity index (χ2n) is 6.82. The van der Waals surface area contributed by atoms with E-state index in [1.165, 1.54) is 0 Å². The summed E-state index contributed by atoms with van der Waals surface area (Å²) in [7, 11) is 0. The van der Waals surface area contributed by atoms with Crippen LogP contribution in [0.4, 0.5) is 13.2 Å². The summed E-state index contributed by atoms with van der Waals surface area (Å²) in [6, 6.07) is 3.49. The number of ether oxygens (including phenoxy) is 1. The Morgan fingerprint density at radius 3 is 2.75 bits per heavy atom. The van der Waals surface area contributed by atoms with Crippen molar-refractivity contribution in [2.75, 3.05) is 0 Å². The van der Waals surface area contributed by atoms with Crippen molar-refractivity contribution in [1.29, 1.82) is 0 Å². The third-order valence-electron chi connectivity index (χ3n) is 4.63. The SMILES string of the molecule is Cc1nc2nc(C(F)(F)F)nn2c(C)c1CCC(=O)OCc1nc(-c2cccnc2)no1. The van der Waals surface area contributed by atoms with E-state index in [0.29, 0.717) is 28.3 Å². The molecule has 0 atom stereocenters. The third kappa shape index (κ3) is 4.40. The van der Waals surface area contributed by atoms with E-state index in [9.17, 15) is 18.0 Å². The number of aryl methyl sites for hydroxylation is 2. The van der Waals surface area contributed by atoms with E-state index >= 15 is 0 Å². The van der Waals surface area contributed by atoms with E-state index in [-0.39, 0.29) is 31.1 Å². The minimum absolute atomic E-state index is 0.0285. The van der Waals surface area contributed by atoms with Crippen LogP contribution in [0.5, 0.6) is 0 Å². The lowest BCUT2D eigenvalue weighted by molar-refractivity contribution is -0.146. The van der Waals surface area contributed by atoms with E-state index in [1.807, 2.05) is 0 Å². The lowest BCUT2D eigenvalue weighted by Crippen LogP contribution is -2.11. The third-order valence-corrected chi connectivity index (χ3v) is 4.63. The monoisotopic (exact) mass is 447 g/mol. The van der Waals surface area contributed by atoms with Gasteiger partial charge in [-0.1, -0.05) is 5.16 Å². The van der Waals surface area contributed by atoms with Crippen molar-refractivity contribution in [2.45, 2.75) is 39.5 Å². The van der Waals surface area contributed by atoms with Crippen LogP contribution >= 0.6 is 0 Å². The Morgan fingerprint density at radius 2 is 2.03 bits per heavy atom. The maximum Gasteiger partial charge on any atom is 0.453 e. The summed E-state index contributed by atoms with van der Waals surface area (Å²) in [4.78, 5) is 27.8. The molecule has 0 aromatic carbocycles. The van der Waals surface area contributed by atoms with Crippen LogP contribution in [0.3, 0.4) is 0 Å². The molecule has 4 aromatic heterocycles. The van der Waals surface area contributed by atoms with E-state index in [1.54, 1.807) is 38.4 Å². The fourth-order valence-corrected chi connectivity index (χ4v) is 3.06. The van der Waals surface area contributed by atoms with Crippen LogP contribution in [0.15, 0.2) is 29.0 Å². The largest absolute Gasteiger partial charge is 0.456 e. The van der Waals surface area contributed by atoms with Gasteiger partial charge in [-0.2, -0.15) is 23.1 Å². The van der Waals surface area contributed by atoms with Crippen LogP contribution in [0, 0.1) is 13.8 Å². The van der Waals surface area contributed by atoms with Crippen molar-refractivity contribution < 1.29 is 27.2 Å². The molecule has 32 heavy (non-hydrogen) atoms. The lowest BCUT2D eigenvalue weighted by Gasteiger charge is -2.09. The van der Waals surface area contributed by atoms with Gasteiger partial charge in [-0.05, 0) is 38.0 Å². The van der Waals surface area contributed by atoms with Gasteiger partial charge in [0, 0.05) is 35.8 Å². The molecule has 0 saturated carbocycles. The number of carbonyl (C=O) groups is 1. The summed E-state index contributed by atoms with van der Waals surface area (Å²) in [5.74, 6) is -1.52. The topological polar surface area (TPSA) is 121 Å². The van der Waals surface area contributed by atoms with Gasteiger partial charge in [0.2, 0.25) is 5.82 Å². The Hall–Kier alpha value is -3.90. The Balaban J connectivity index is 1.39. The molecule has 0 unspecified atom stereocenters. The molecule has 0 N–H and O–H groups in total. The summed E-state index contributed by atoms with van der Waals surface area (Å²) in [5.41, 5.74) is 2.12. The fraction of sp³-hybridized carbons (Fsp3) is 0.316. The predicted molar refractivity (Wildman–Crippen MR) is 101 cm³/mol. The molecule has 4 heterocycles. The smallest absolute Gasteiger partial charge is 0.453 e. The molecule has 166 valence electrons. The van der Waals surface area contributed by atoms with Gasteiger partial charge in [-0.15, -0.1) is 5.10 Å². The molecular formula is C19H16F3N7O3. The zero-order valence-electron chi connectivity index (χ0n) is 16.9. The summed E-state index contributed by atoms with van der Waals surface area (Å²) in [6.07, 6.45) is -1.32. The lowest BCUT2D eigenvalue weighted by atomic mass is 10.1. The quantitative estimate of drug-likeness (QED) is 0.411. The van der Waals surface area contributed by atoms with Crippen LogP contribution < -0.4 is 0 Å². The number of halogens is 3. The van der Waals surface area contributed by atoms with Crippen LogP contribution in [0.25, 0.3) is 17.2 Å². The molecule has 0 fully saturated rings. The highest BCUT2D eigenvalue weighted by molar-refractivity contribution is 5.69. The maximum absolute atomic E-state index is 12.9. The Morgan fingerprint density at radius 1 is 1.22 bits per heavy atom. The molecule has 4 aromatic rings. The van der Waals surface area contributed by atoms with Crippen molar-refractivity contribution in [1.82, 2.24) is 34.7 Å². The number of rotatable bonds is 6. The normalized spacial score (nSPS) is 11.8. The second-order valence-corrected chi connectivity index (χ2v) is 6.82. The summed E-state index contributed by atoms with van der Waals surface area (Å²) < 4.78 is 49.9. The van der Waals surface area contributed by atoms with Crippen molar-refractivity contribution in [3.05, 3.63) is 53.2 Å². The number of fused-ring (bicyclic) bond motifs is 1. The summed E-state index contributed by atoms with van der Waals surface area (Å²) >= 11 is 0. The molecule has 0 radical (unpaired) electrons. The number of hydrogen-bond donors (Lipinski definition) is 0. The van der Waals surface area contributed by atoms with Gasteiger partial charge in [0.25, 0.3) is 17.5 Å². The Kier molecular flexibility index (Phi) is 5.55. The zero-order chi connectivity index (χ0) is 22.9. The highest BCUT2D eigenvalue weighted by atomic mass is 19.4. The zero-order valence-corrected chi connectivity index (χ0v) is 16.9. The van der Waals surface area contributed by atoms with Gasteiger partial charge in [0.1, 0.15) is 0 Å². The van der Waals surface area contributed by atoms with Crippen LogP contribution in [-0.2, 0) is 28.7 Å². The van der Waals surface area contributed by atoms with Crippen LogP contribution in [0.1, 0.15) is 35.1 Å². The standard InChI is InChI=1S/C19H16F3N7O3/c1-10-13(11(2)29-18(24-10)26-17(27-29)19(20,21)22)5-6-15(30)31-9-14-25-16(28-32-14)12-4-3-7-23-8-12/h3-4,7-8H,5-6,9H2,1-2H3. The molecule has 0 aliphatic heterocycles. The first-order chi connectivity index (χ1) is 15.2. The van der Waals surface area contributed by atoms with E-state index in [2.05, 4.69) is 30.2 Å². The summed E-state index contributed by atoms with van der Waals surface area (Å²) in [6.45, 7) is 3.02. The highest BCUT2D eigenvalue weighted by Crippen LogP contribution is 2.27. The molecule has 0 spiro atoms. The minimum Gasteiger partial charge on any atom is -0.456 e. The Labute approximate surface area is 178 Å². The van der Waals surface area contributed by atoms with Crippen molar-refractivity contribution in [2.24, 2.45) is 0 Å². The first-order valence-electron chi connectivity index (χ1n) is 9.41. The maximum atomic E-state index is 12.9. The van der Waals surface area contributed by atoms with Gasteiger partial charge < -0.3 is 9.26 Å². The van der Waals surface area contributed by atoms with Crippen molar-refractivity contribution in [3.63, 3.8) is 0 Å². The van der Waals surface area contributed by atoms with Crippen molar-refractivity contribution in [3.8, 4) is 11.4 Å². The molecule has 0 saturated heterocycles. The average molecular weight is 447 g/mol. The molecular weight excluding hydrogens is 431 g/mol. The number of alkyl halides is 3. The van der Waals surface area contributed by atoms with E-state index < -0.39 is 18.0 Å². The van der Waals surface area contributed by atoms with Crippen molar-refractivity contribution >= 4 is 11.7 Å². The molecule has 4 rings (SSSR count). The highest BCUT2D eigenvalue weighted by Gasteiger charge is 2.37. The number of hydrogen-bond acceptors (Lipinski definition) is 9. The molecule has 0 aliphatic rings. The number of pyridine rings is 1.